The molecule has 0 saturated heterocycles. The number of benzene rings is 3. The molecule has 1 N–H and O–H groups in total. The monoisotopic (exact) mass is 451 g/mol. The predicted octanol–water partition coefficient (Wildman–Crippen LogP) is 6.83. The van der Waals surface area contributed by atoms with Gasteiger partial charge in [-0.15, -0.1) is 0 Å². The summed E-state index contributed by atoms with van der Waals surface area (Å²) in [5.74, 6) is 0.868. The Balaban J connectivity index is 1.44. The minimum Gasteiger partial charge on any atom is -0.308 e. The number of allylic oxidation sites excluding steroid dienone is 8. The van der Waals surface area contributed by atoms with Crippen molar-refractivity contribution in [1.29, 1.82) is 5.41 Å². The van der Waals surface area contributed by atoms with E-state index in [0.29, 0.717) is 11.8 Å². The molecule has 4 aliphatic carbocycles. The van der Waals surface area contributed by atoms with Gasteiger partial charge in [0, 0.05) is 29.0 Å². The maximum atomic E-state index is 8.42. The number of rotatable bonds is 2. The molecule has 0 saturated carbocycles. The molecule has 0 aromatic heterocycles. The van der Waals surface area contributed by atoms with Gasteiger partial charge >= 0.3 is 0 Å². The molecule has 0 amide bonds. The van der Waals surface area contributed by atoms with Crippen LogP contribution in [0.2, 0.25) is 0 Å². The molecule has 0 bridgehead atoms. The normalized spacial score (nSPS) is 22.7. The lowest BCUT2D eigenvalue weighted by Crippen LogP contribution is -2.28. The van der Waals surface area contributed by atoms with Crippen molar-refractivity contribution in [3.05, 3.63) is 112 Å². The number of fused-ring (bicyclic) bond motifs is 7. The highest BCUT2D eigenvalue weighted by molar-refractivity contribution is 6.06. The molecule has 4 aliphatic rings. The van der Waals surface area contributed by atoms with E-state index in [1.54, 1.807) is 6.21 Å². The first kappa shape index (κ1) is 20.6. The summed E-state index contributed by atoms with van der Waals surface area (Å²) in [5.41, 5.74) is 9.09. The van der Waals surface area contributed by atoms with E-state index in [1.165, 1.54) is 49.0 Å². The molecule has 1 heteroatoms. The zero-order valence-corrected chi connectivity index (χ0v) is 20.3. The summed E-state index contributed by atoms with van der Waals surface area (Å²) in [4.78, 5) is 0. The summed E-state index contributed by atoms with van der Waals surface area (Å²) in [7, 11) is 0. The standard InChI is InChI=1S/C34H29N/c1-34(2)30-18-15-22-8-4-6-10-27(22)33(30)28-17-14-24(19-31(28)34)25-16-13-23-12-11-21-7-3-5-9-26(21)32(23)29(25)20-35/h4,6-20,22,27,35H,3,5H2,1-2H3. The molecule has 3 aromatic rings. The third-order valence-corrected chi connectivity index (χ3v) is 8.58. The van der Waals surface area contributed by atoms with Crippen LogP contribution < -0.4 is 10.4 Å². The Morgan fingerprint density at radius 3 is 2.57 bits per heavy atom. The molecule has 0 aliphatic heterocycles. The van der Waals surface area contributed by atoms with Crippen LogP contribution in [0.1, 0.15) is 43.4 Å². The van der Waals surface area contributed by atoms with Gasteiger partial charge in [-0.2, -0.15) is 0 Å². The van der Waals surface area contributed by atoms with Gasteiger partial charge in [-0.05, 0) is 73.5 Å². The molecule has 2 unspecified atom stereocenters. The molecular weight excluding hydrogens is 422 g/mol. The fourth-order valence-electron chi connectivity index (χ4n) is 6.81. The van der Waals surface area contributed by atoms with Crippen molar-refractivity contribution < 1.29 is 0 Å². The number of hydrogen-bond donors (Lipinski definition) is 1. The van der Waals surface area contributed by atoms with Crippen molar-refractivity contribution in [3.63, 3.8) is 0 Å². The van der Waals surface area contributed by atoms with Crippen LogP contribution >= 0.6 is 0 Å². The van der Waals surface area contributed by atoms with E-state index < -0.39 is 0 Å². The Labute approximate surface area is 206 Å². The zero-order valence-electron chi connectivity index (χ0n) is 20.3. The van der Waals surface area contributed by atoms with Gasteiger partial charge in [-0.1, -0.05) is 98.9 Å². The van der Waals surface area contributed by atoms with Gasteiger partial charge in [0.25, 0.3) is 0 Å². The summed E-state index contributed by atoms with van der Waals surface area (Å²) in [6.45, 7) is 4.73. The van der Waals surface area contributed by atoms with E-state index >= 15 is 0 Å². The highest BCUT2D eigenvalue weighted by Crippen LogP contribution is 2.54. The Hall–Kier alpha value is -3.71. The second-order valence-electron chi connectivity index (χ2n) is 10.8. The van der Waals surface area contributed by atoms with Crippen LogP contribution in [-0.4, -0.2) is 6.21 Å². The topological polar surface area (TPSA) is 23.9 Å². The Morgan fingerprint density at radius 2 is 1.69 bits per heavy atom. The van der Waals surface area contributed by atoms with Gasteiger partial charge in [0.05, 0.1) is 0 Å². The third kappa shape index (κ3) is 2.85. The molecule has 0 radical (unpaired) electrons. The minimum atomic E-state index is -0.0409. The highest BCUT2D eigenvalue weighted by atomic mass is 14.4. The molecular formula is C34H29N. The van der Waals surface area contributed by atoms with Crippen molar-refractivity contribution in [2.75, 3.05) is 0 Å². The van der Waals surface area contributed by atoms with E-state index in [2.05, 4.69) is 105 Å². The Kier molecular flexibility index (Phi) is 4.36. The summed E-state index contributed by atoms with van der Waals surface area (Å²) >= 11 is 0. The fourth-order valence-corrected chi connectivity index (χ4v) is 6.81. The first-order valence-electron chi connectivity index (χ1n) is 12.8. The molecule has 1 nitrogen and oxygen atoms in total. The summed E-state index contributed by atoms with van der Waals surface area (Å²) < 4.78 is 0. The molecule has 2 atom stereocenters. The molecule has 0 heterocycles. The lowest BCUT2D eigenvalue weighted by atomic mass is 9.73. The predicted molar refractivity (Wildman–Crippen MR) is 149 cm³/mol. The smallest absolute Gasteiger partial charge is 0.0263 e. The zero-order chi connectivity index (χ0) is 23.7. The van der Waals surface area contributed by atoms with Gasteiger partial charge in [-0.3, -0.25) is 0 Å². The second kappa shape index (κ2) is 7.39. The lowest BCUT2D eigenvalue weighted by molar-refractivity contribution is 0.628. The first-order valence-corrected chi connectivity index (χ1v) is 12.8. The largest absolute Gasteiger partial charge is 0.308 e. The third-order valence-electron chi connectivity index (χ3n) is 8.58. The SMILES string of the molecule is CC1(C)C2=C(c3ccc(-c4ccc5ccc6c(c5c4C=N)=CCCC=6)cc31)C1C=CC=CC1C=C2. The Bertz CT molecular complexity index is 1690. The van der Waals surface area contributed by atoms with Crippen LogP contribution in [0, 0.1) is 17.2 Å². The van der Waals surface area contributed by atoms with Gasteiger partial charge < -0.3 is 5.41 Å². The average molecular weight is 452 g/mol. The van der Waals surface area contributed by atoms with Crippen molar-refractivity contribution >= 4 is 34.7 Å². The van der Waals surface area contributed by atoms with Gasteiger partial charge in [-0.25, -0.2) is 0 Å². The lowest BCUT2D eigenvalue weighted by Gasteiger charge is -2.30. The number of nitrogens with one attached hydrogen (secondary N) is 1. The van der Waals surface area contributed by atoms with Crippen LogP contribution in [0.25, 0.3) is 39.6 Å². The first-order chi connectivity index (χ1) is 17.1. The van der Waals surface area contributed by atoms with Crippen molar-refractivity contribution in [3.8, 4) is 11.1 Å². The maximum absolute atomic E-state index is 8.42. The highest BCUT2D eigenvalue weighted by Gasteiger charge is 2.42. The van der Waals surface area contributed by atoms with Crippen LogP contribution in [0.4, 0.5) is 0 Å². The quantitative estimate of drug-likeness (QED) is 0.413. The van der Waals surface area contributed by atoms with Crippen molar-refractivity contribution in [2.45, 2.75) is 32.1 Å². The van der Waals surface area contributed by atoms with Crippen LogP contribution in [-0.2, 0) is 5.41 Å². The summed E-state index contributed by atoms with van der Waals surface area (Å²) in [5, 5.41) is 13.4. The molecule has 3 aromatic carbocycles. The van der Waals surface area contributed by atoms with Crippen LogP contribution in [0.15, 0.2) is 84.5 Å². The van der Waals surface area contributed by atoms with Crippen molar-refractivity contribution in [1.82, 2.24) is 0 Å². The second-order valence-corrected chi connectivity index (χ2v) is 10.8. The molecule has 7 rings (SSSR count). The summed E-state index contributed by atoms with van der Waals surface area (Å²) in [6.07, 6.45) is 22.2. The van der Waals surface area contributed by atoms with Gasteiger partial charge in [0.15, 0.2) is 0 Å². The van der Waals surface area contributed by atoms with E-state index in [-0.39, 0.29) is 5.41 Å². The average Bonchev–Trinajstić information content (AvgIpc) is 3.14. The van der Waals surface area contributed by atoms with Crippen LogP contribution in [0.3, 0.4) is 0 Å². The molecule has 0 spiro atoms. The van der Waals surface area contributed by atoms with E-state index in [1.807, 2.05) is 0 Å². The van der Waals surface area contributed by atoms with Crippen LogP contribution in [0.5, 0.6) is 0 Å². The molecule has 0 fully saturated rings. The summed E-state index contributed by atoms with van der Waals surface area (Å²) in [6, 6.07) is 15.9. The fraction of sp³-hybridized carbons (Fsp3) is 0.206. The van der Waals surface area contributed by atoms with Crippen molar-refractivity contribution in [2.24, 2.45) is 11.8 Å². The Morgan fingerprint density at radius 1 is 0.886 bits per heavy atom. The van der Waals surface area contributed by atoms with E-state index in [4.69, 9.17) is 5.41 Å². The number of hydrogen-bond acceptors (Lipinski definition) is 1. The van der Waals surface area contributed by atoms with Gasteiger partial charge in [0.2, 0.25) is 0 Å². The minimum absolute atomic E-state index is 0.0409. The van der Waals surface area contributed by atoms with E-state index in [9.17, 15) is 0 Å². The van der Waals surface area contributed by atoms with Gasteiger partial charge in [0.1, 0.15) is 0 Å². The molecule has 35 heavy (non-hydrogen) atoms. The molecule has 170 valence electrons. The maximum Gasteiger partial charge on any atom is 0.0263 e. The van der Waals surface area contributed by atoms with E-state index in [0.717, 1.165) is 24.0 Å².